The van der Waals surface area contributed by atoms with Gasteiger partial charge in [0.15, 0.2) is 5.78 Å². The lowest BCUT2D eigenvalue weighted by Gasteiger charge is -2.24. The van der Waals surface area contributed by atoms with Gasteiger partial charge >= 0.3 is 0 Å². The average molecular weight is 343 g/mol. The molecule has 0 spiro atoms. The lowest BCUT2D eigenvalue weighted by Crippen LogP contribution is -2.37. The maximum absolute atomic E-state index is 12.9. The van der Waals surface area contributed by atoms with E-state index in [0.717, 1.165) is 18.4 Å². The molecule has 0 N–H and O–H groups in total. The summed E-state index contributed by atoms with van der Waals surface area (Å²) in [5, 5.41) is 4.02. The van der Waals surface area contributed by atoms with E-state index in [2.05, 4.69) is 5.10 Å². The highest BCUT2D eigenvalue weighted by molar-refractivity contribution is 5.96. The smallest absolute Gasteiger partial charge is 0.223 e. The van der Waals surface area contributed by atoms with Gasteiger partial charge in [-0.15, -0.1) is 0 Å². The molecule has 2 heterocycles. The summed E-state index contributed by atoms with van der Waals surface area (Å²) in [5.74, 6) is -0.189. The first-order valence-electron chi connectivity index (χ1n) is 8.58. The Morgan fingerprint density at radius 1 is 1.28 bits per heavy atom. The molecule has 6 heteroatoms. The van der Waals surface area contributed by atoms with Gasteiger partial charge in [-0.05, 0) is 37.0 Å². The van der Waals surface area contributed by atoms with E-state index in [1.54, 1.807) is 36.3 Å². The molecule has 1 aromatic heterocycles. The van der Waals surface area contributed by atoms with Gasteiger partial charge in [0.05, 0.1) is 11.8 Å². The van der Waals surface area contributed by atoms with E-state index in [1.165, 1.54) is 12.1 Å². The second kappa shape index (κ2) is 7.59. The lowest BCUT2D eigenvalue weighted by atomic mass is 10.0. The topological polar surface area (TPSA) is 55.2 Å². The molecule has 1 amide bonds. The quantitative estimate of drug-likeness (QED) is 0.758. The number of ketones is 1. The number of hydrogen-bond donors (Lipinski definition) is 0. The molecule has 3 rings (SSSR count). The number of rotatable bonds is 6. The molecule has 1 aromatic carbocycles. The summed E-state index contributed by atoms with van der Waals surface area (Å²) in [7, 11) is 1.78. The van der Waals surface area contributed by atoms with Gasteiger partial charge in [0.1, 0.15) is 5.82 Å². The van der Waals surface area contributed by atoms with Crippen molar-refractivity contribution in [3.05, 3.63) is 53.6 Å². The third-order valence-electron chi connectivity index (χ3n) is 4.69. The van der Waals surface area contributed by atoms with Crippen molar-refractivity contribution < 1.29 is 14.0 Å². The maximum atomic E-state index is 12.9. The van der Waals surface area contributed by atoms with Gasteiger partial charge in [-0.2, -0.15) is 5.10 Å². The van der Waals surface area contributed by atoms with Crippen LogP contribution in [-0.4, -0.2) is 39.0 Å². The van der Waals surface area contributed by atoms with Crippen LogP contribution in [-0.2, 0) is 18.3 Å². The first-order valence-corrected chi connectivity index (χ1v) is 8.58. The molecule has 2 aromatic rings. The fourth-order valence-corrected chi connectivity index (χ4v) is 3.32. The Morgan fingerprint density at radius 2 is 2.04 bits per heavy atom. The molecule has 1 atom stereocenters. The molecule has 0 aliphatic carbocycles. The van der Waals surface area contributed by atoms with Crippen LogP contribution in [0, 0.1) is 5.82 Å². The van der Waals surface area contributed by atoms with Gasteiger partial charge in [0, 0.05) is 38.7 Å². The Balaban J connectivity index is 1.56. The number of carbonyl (C=O) groups is 2. The Hall–Kier alpha value is -2.50. The summed E-state index contributed by atoms with van der Waals surface area (Å²) in [6.45, 7) is 0.702. The van der Waals surface area contributed by atoms with Crippen LogP contribution < -0.4 is 0 Å². The molecule has 1 saturated heterocycles. The van der Waals surface area contributed by atoms with E-state index in [0.29, 0.717) is 31.4 Å². The van der Waals surface area contributed by atoms with Crippen molar-refractivity contribution in [1.29, 1.82) is 0 Å². The second-order valence-corrected chi connectivity index (χ2v) is 6.54. The monoisotopic (exact) mass is 343 g/mol. The zero-order valence-corrected chi connectivity index (χ0v) is 14.3. The van der Waals surface area contributed by atoms with Crippen molar-refractivity contribution in [1.82, 2.24) is 14.7 Å². The third kappa shape index (κ3) is 4.32. The van der Waals surface area contributed by atoms with Gasteiger partial charge in [0.25, 0.3) is 0 Å². The molecule has 1 unspecified atom stereocenters. The fraction of sp³-hybridized carbons (Fsp3) is 0.421. The molecule has 132 valence electrons. The standard InChI is InChI=1S/C19H22FN3O2/c1-22-13-15(12-21-22)18(24)11-17-3-2-10-23(17)19(25)9-6-14-4-7-16(20)8-5-14/h4-5,7-8,12-13,17H,2-3,6,9-11H2,1H3. The number of amides is 1. The van der Waals surface area contributed by atoms with E-state index >= 15 is 0 Å². The normalized spacial score (nSPS) is 17.0. The Morgan fingerprint density at radius 3 is 2.72 bits per heavy atom. The van der Waals surface area contributed by atoms with Gasteiger partial charge in [-0.3, -0.25) is 14.3 Å². The number of Topliss-reactive ketones (excluding diaryl/α,β-unsaturated/α-hetero) is 1. The first kappa shape index (κ1) is 17.3. The van der Waals surface area contributed by atoms with Gasteiger partial charge in [-0.1, -0.05) is 12.1 Å². The van der Waals surface area contributed by atoms with Gasteiger partial charge in [0.2, 0.25) is 5.91 Å². The van der Waals surface area contributed by atoms with Crippen molar-refractivity contribution >= 4 is 11.7 Å². The zero-order valence-electron chi connectivity index (χ0n) is 14.3. The lowest BCUT2D eigenvalue weighted by molar-refractivity contribution is -0.131. The van der Waals surface area contributed by atoms with E-state index in [9.17, 15) is 14.0 Å². The summed E-state index contributed by atoms with van der Waals surface area (Å²) >= 11 is 0. The molecule has 1 fully saturated rings. The van der Waals surface area contributed by atoms with Crippen molar-refractivity contribution in [3.8, 4) is 0 Å². The van der Waals surface area contributed by atoms with Crippen LogP contribution in [0.4, 0.5) is 4.39 Å². The first-order chi connectivity index (χ1) is 12.0. The zero-order chi connectivity index (χ0) is 17.8. The second-order valence-electron chi connectivity index (χ2n) is 6.54. The minimum atomic E-state index is -0.274. The van der Waals surface area contributed by atoms with Crippen LogP contribution in [0.25, 0.3) is 0 Å². The summed E-state index contributed by atoms with van der Waals surface area (Å²) in [6, 6.07) is 6.19. The highest BCUT2D eigenvalue weighted by Gasteiger charge is 2.30. The summed E-state index contributed by atoms with van der Waals surface area (Å²) in [4.78, 5) is 26.7. The Labute approximate surface area is 146 Å². The third-order valence-corrected chi connectivity index (χ3v) is 4.69. The van der Waals surface area contributed by atoms with Crippen LogP contribution in [0.15, 0.2) is 36.7 Å². The molecular weight excluding hydrogens is 321 g/mol. The Kier molecular flexibility index (Phi) is 5.26. The van der Waals surface area contributed by atoms with Gasteiger partial charge < -0.3 is 4.90 Å². The fourth-order valence-electron chi connectivity index (χ4n) is 3.32. The number of nitrogens with zero attached hydrogens (tertiary/aromatic N) is 3. The van der Waals surface area contributed by atoms with E-state index in [1.807, 2.05) is 4.90 Å². The number of likely N-dealkylation sites (tertiary alicyclic amines) is 1. The van der Waals surface area contributed by atoms with Crippen molar-refractivity contribution in [2.45, 2.75) is 38.1 Å². The number of aromatic nitrogens is 2. The van der Waals surface area contributed by atoms with E-state index in [4.69, 9.17) is 0 Å². The molecule has 25 heavy (non-hydrogen) atoms. The summed E-state index contributed by atoms with van der Waals surface area (Å²) in [6.07, 6.45) is 6.35. The molecule has 0 bridgehead atoms. The number of carbonyl (C=O) groups excluding carboxylic acids is 2. The van der Waals surface area contributed by atoms with E-state index in [-0.39, 0.29) is 23.5 Å². The van der Waals surface area contributed by atoms with Crippen LogP contribution in [0.3, 0.4) is 0 Å². The highest BCUT2D eigenvalue weighted by atomic mass is 19.1. The van der Waals surface area contributed by atoms with Gasteiger partial charge in [-0.25, -0.2) is 4.39 Å². The summed E-state index contributed by atoms with van der Waals surface area (Å²) < 4.78 is 14.5. The number of hydrogen-bond acceptors (Lipinski definition) is 3. The molecule has 5 nitrogen and oxygen atoms in total. The van der Waals surface area contributed by atoms with Crippen molar-refractivity contribution in [3.63, 3.8) is 0 Å². The highest BCUT2D eigenvalue weighted by Crippen LogP contribution is 2.23. The SMILES string of the molecule is Cn1cc(C(=O)CC2CCCN2C(=O)CCc2ccc(F)cc2)cn1. The van der Waals surface area contributed by atoms with Crippen LogP contribution >= 0.6 is 0 Å². The molecule has 0 saturated carbocycles. The minimum absolute atomic E-state index is 0.0244. The number of aryl methyl sites for hydroxylation is 2. The predicted molar refractivity (Wildman–Crippen MR) is 91.6 cm³/mol. The number of halogens is 1. The predicted octanol–water partition coefficient (Wildman–Crippen LogP) is 2.76. The molecule has 1 aliphatic heterocycles. The molecular formula is C19H22FN3O2. The van der Waals surface area contributed by atoms with Crippen LogP contribution in [0.5, 0.6) is 0 Å². The van der Waals surface area contributed by atoms with Crippen LogP contribution in [0.2, 0.25) is 0 Å². The van der Waals surface area contributed by atoms with Crippen molar-refractivity contribution in [2.24, 2.45) is 7.05 Å². The number of benzene rings is 1. The minimum Gasteiger partial charge on any atom is -0.339 e. The molecule has 0 radical (unpaired) electrons. The van der Waals surface area contributed by atoms with Crippen LogP contribution in [0.1, 0.15) is 41.6 Å². The summed E-state index contributed by atoms with van der Waals surface area (Å²) in [5.41, 5.74) is 1.53. The molecule has 1 aliphatic rings. The Bertz CT molecular complexity index is 754. The largest absolute Gasteiger partial charge is 0.339 e. The average Bonchev–Trinajstić information content (AvgIpc) is 3.23. The van der Waals surface area contributed by atoms with Crippen molar-refractivity contribution in [2.75, 3.05) is 6.54 Å². The maximum Gasteiger partial charge on any atom is 0.223 e. The van der Waals surface area contributed by atoms with E-state index < -0.39 is 0 Å².